The van der Waals surface area contributed by atoms with Crippen LogP contribution in [0.3, 0.4) is 0 Å². The predicted octanol–water partition coefficient (Wildman–Crippen LogP) is 3.22. The van der Waals surface area contributed by atoms with Crippen molar-refractivity contribution in [3.63, 3.8) is 0 Å². The molecule has 8 heteroatoms. The lowest BCUT2D eigenvalue weighted by Crippen LogP contribution is -2.47. The minimum atomic E-state index is -1.63. The summed E-state index contributed by atoms with van der Waals surface area (Å²) in [6.07, 6.45) is -0.719. The van der Waals surface area contributed by atoms with Crippen LogP contribution in [0.5, 0.6) is 17.2 Å². The zero-order valence-corrected chi connectivity index (χ0v) is 18.7. The summed E-state index contributed by atoms with van der Waals surface area (Å²) in [7, 11) is 5.99. The Morgan fingerprint density at radius 3 is 2.45 bits per heavy atom. The number of fused-ring (bicyclic) bond motifs is 1. The normalized spacial score (nSPS) is 17.4. The smallest absolute Gasteiger partial charge is 0.410 e. The Labute approximate surface area is 181 Å². The second-order valence-corrected chi connectivity index (χ2v) is 7.65. The summed E-state index contributed by atoms with van der Waals surface area (Å²) in [6.45, 7) is 4.18. The first-order valence-electron chi connectivity index (χ1n) is 9.96. The second-order valence-electron chi connectivity index (χ2n) is 7.65. The van der Waals surface area contributed by atoms with Crippen molar-refractivity contribution in [2.75, 3.05) is 39.8 Å². The molecule has 1 atom stereocenters. The number of nitrogens with zero attached hydrogens (tertiary/aromatic N) is 2. The Morgan fingerprint density at radius 2 is 1.87 bits per heavy atom. The molecule has 1 heterocycles. The van der Waals surface area contributed by atoms with Crippen molar-refractivity contribution in [1.82, 2.24) is 4.90 Å². The Balaban J connectivity index is 2.22. The molecular weight excluding hydrogens is 400 g/mol. The molecular formula is C23H28N2O6. The fraction of sp³-hybridized carbons (Fsp3) is 0.391. The third kappa shape index (κ3) is 3.62. The molecule has 2 amide bonds. The number of hydrogen-bond acceptors (Lipinski definition) is 6. The van der Waals surface area contributed by atoms with Crippen molar-refractivity contribution in [3.05, 3.63) is 47.0 Å². The van der Waals surface area contributed by atoms with E-state index in [1.54, 1.807) is 31.1 Å². The van der Waals surface area contributed by atoms with Gasteiger partial charge in [-0.05, 0) is 32.0 Å². The minimum Gasteiger partial charge on any atom is -0.504 e. The minimum absolute atomic E-state index is 0.0649. The summed E-state index contributed by atoms with van der Waals surface area (Å²) in [5.41, 5.74) is 0.957. The number of ether oxygens (including phenoxy) is 3. The van der Waals surface area contributed by atoms with E-state index in [1.807, 2.05) is 32.0 Å². The molecule has 0 fully saturated rings. The summed E-state index contributed by atoms with van der Waals surface area (Å²) in [5.74, 6) is -0.0253. The van der Waals surface area contributed by atoms with Crippen molar-refractivity contribution in [2.24, 2.45) is 0 Å². The van der Waals surface area contributed by atoms with E-state index in [0.29, 0.717) is 29.1 Å². The fourth-order valence-electron chi connectivity index (χ4n) is 3.87. The number of carbonyl (C=O) groups excluding carboxylic acids is 2. The number of amides is 2. The Hall–Kier alpha value is -3.42. The molecule has 0 spiro atoms. The van der Waals surface area contributed by atoms with Crippen molar-refractivity contribution >= 4 is 17.7 Å². The molecule has 3 rings (SSSR count). The van der Waals surface area contributed by atoms with Gasteiger partial charge in [0.2, 0.25) is 11.4 Å². The topological polar surface area (TPSA) is 88.5 Å². The predicted molar refractivity (Wildman–Crippen MR) is 116 cm³/mol. The van der Waals surface area contributed by atoms with E-state index in [1.165, 1.54) is 19.1 Å². The highest BCUT2D eigenvalue weighted by Gasteiger charge is 2.54. The van der Waals surface area contributed by atoms with Gasteiger partial charge in [-0.15, -0.1) is 0 Å². The molecule has 166 valence electrons. The van der Waals surface area contributed by atoms with E-state index < -0.39 is 11.7 Å². The Kier molecular flexibility index (Phi) is 6.01. The van der Waals surface area contributed by atoms with Gasteiger partial charge in [-0.25, -0.2) is 4.79 Å². The van der Waals surface area contributed by atoms with Gasteiger partial charge in [0.15, 0.2) is 11.5 Å². The monoisotopic (exact) mass is 428 g/mol. The van der Waals surface area contributed by atoms with Gasteiger partial charge < -0.3 is 29.1 Å². The van der Waals surface area contributed by atoms with Crippen LogP contribution >= 0.6 is 0 Å². The van der Waals surface area contributed by atoms with E-state index in [2.05, 4.69) is 0 Å². The van der Waals surface area contributed by atoms with Crippen LogP contribution in [0.15, 0.2) is 30.3 Å². The van der Waals surface area contributed by atoms with Crippen LogP contribution in [0.2, 0.25) is 0 Å². The van der Waals surface area contributed by atoms with Gasteiger partial charge in [-0.2, -0.15) is 0 Å². The summed E-state index contributed by atoms with van der Waals surface area (Å²) in [5, 5.41) is 10.8. The number of aryl methyl sites for hydroxylation is 1. The molecule has 0 saturated heterocycles. The van der Waals surface area contributed by atoms with Crippen LogP contribution in [0.4, 0.5) is 10.5 Å². The zero-order chi connectivity index (χ0) is 22.9. The van der Waals surface area contributed by atoms with Crippen LogP contribution in [0.25, 0.3) is 0 Å². The lowest BCUT2D eigenvalue weighted by molar-refractivity contribution is -0.137. The average molecular weight is 428 g/mol. The van der Waals surface area contributed by atoms with Crippen LogP contribution in [-0.2, 0) is 21.6 Å². The van der Waals surface area contributed by atoms with Gasteiger partial charge in [-0.1, -0.05) is 17.7 Å². The van der Waals surface area contributed by atoms with E-state index in [4.69, 9.17) is 14.2 Å². The van der Waals surface area contributed by atoms with Crippen molar-refractivity contribution in [2.45, 2.75) is 25.9 Å². The number of anilines is 1. The number of aromatic hydroxyl groups is 1. The number of phenolic OH excluding ortho intramolecular Hbond substituents is 1. The van der Waals surface area contributed by atoms with E-state index in [-0.39, 0.29) is 23.8 Å². The first-order chi connectivity index (χ1) is 14.7. The lowest BCUT2D eigenvalue weighted by atomic mass is 9.86. The highest BCUT2D eigenvalue weighted by Crippen LogP contribution is 2.48. The van der Waals surface area contributed by atoms with Gasteiger partial charge >= 0.3 is 6.09 Å². The molecule has 1 unspecified atom stereocenters. The average Bonchev–Trinajstić information content (AvgIpc) is 2.96. The molecule has 0 saturated carbocycles. The second kappa shape index (κ2) is 8.37. The largest absolute Gasteiger partial charge is 0.504 e. The van der Waals surface area contributed by atoms with Gasteiger partial charge in [0.1, 0.15) is 0 Å². The molecule has 0 radical (unpaired) electrons. The zero-order valence-electron chi connectivity index (χ0n) is 18.7. The third-order valence-electron chi connectivity index (χ3n) is 5.45. The van der Waals surface area contributed by atoms with Crippen LogP contribution in [-0.4, -0.2) is 56.9 Å². The number of hydrogen-bond donors (Lipinski definition) is 1. The van der Waals surface area contributed by atoms with Gasteiger partial charge in [-0.3, -0.25) is 4.79 Å². The molecule has 1 aliphatic rings. The number of methoxy groups -OCH3 is 2. The SMILES string of the molecule is CCN1C(=O)C(Cc2ccc(OC)c(OC)c2O)(OC(=O)N(C)C)c2cc(C)ccc21. The first kappa shape index (κ1) is 22.3. The number of phenols is 1. The molecule has 2 aromatic rings. The van der Waals surface area contributed by atoms with Gasteiger partial charge in [0.05, 0.1) is 19.9 Å². The standard InChI is InChI=1S/C23H28N2O6/c1-7-25-17-10-8-14(2)12-16(17)23(21(25)27,31-22(28)24(3)4)13-15-9-11-18(29-5)20(30-6)19(15)26/h8-12,26H,7,13H2,1-6H3. The molecule has 1 aliphatic heterocycles. The van der Waals surface area contributed by atoms with Crippen molar-refractivity contribution in [1.29, 1.82) is 0 Å². The highest BCUT2D eigenvalue weighted by molar-refractivity contribution is 6.08. The molecule has 31 heavy (non-hydrogen) atoms. The maximum absolute atomic E-state index is 13.7. The Bertz CT molecular complexity index is 1020. The molecule has 8 nitrogen and oxygen atoms in total. The maximum atomic E-state index is 13.7. The van der Waals surface area contributed by atoms with Crippen LogP contribution in [0, 0.1) is 6.92 Å². The van der Waals surface area contributed by atoms with E-state index in [9.17, 15) is 14.7 Å². The molecule has 1 N–H and O–H groups in total. The number of rotatable bonds is 6. The highest BCUT2D eigenvalue weighted by atomic mass is 16.6. The summed E-state index contributed by atoms with van der Waals surface area (Å²) >= 11 is 0. The van der Waals surface area contributed by atoms with E-state index >= 15 is 0 Å². The van der Waals surface area contributed by atoms with E-state index in [0.717, 1.165) is 5.56 Å². The summed E-state index contributed by atoms with van der Waals surface area (Å²) in [4.78, 5) is 29.2. The lowest BCUT2D eigenvalue weighted by Gasteiger charge is -2.30. The number of carbonyl (C=O) groups is 2. The van der Waals surface area contributed by atoms with Crippen LogP contribution in [0.1, 0.15) is 23.6 Å². The number of likely N-dealkylation sites (N-methyl/N-ethyl adjacent to an activating group) is 1. The quantitative estimate of drug-likeness (QED) is 0.760. The maximum Gasteiger partial charge on any atom is 0.410 e. The third-order valence-corrected chi connectivity index (χ3v) is 5.45. The summed E-state index contributed by atoms with van der Waals surface area (Å²) in [6, 6.07) is 8.89. The summed E-state index contributed by atoms with van der Waals surface area (Å²) < 4.78 is 16.4. The molecule has 0 bridgehead atoms. The van der Waals surface area contributed by atoms with Crippen molar-refractivity contribution < 1.29 is 28.9 Å². The van der Waals surface area contributed by atoms with Gasteiger partial charge in [0, 0.05) is 38.2 Å². The number of benzene rings is 2. The fourth-order valence-corrected chi connectivity index (χ4v) is 3.87. The molecule has 2 aromatic carbocycles. The Morgan fingerprint density at radius 1 is 1.16 bits per heavy atom. The van der Waals surface area contributed by atoms with Gasteiger partial charge in [0.25, 0.3) is 5.91 Å². The molecule has 0 aliphatic carbocycles. The molecule has 0 aromatic heterocycles. The van der Waals surface area contributed by atoms with Crippen LogP contribution < -0.4 is 14.4 Å². The van der Waals surface area contributed by atoms with Crippen molar-refractivity contribution in [3.8, 4) is 17.2 Å². The first-order valence-corrected chi connectivity index (χ1v) is 9.96.